The molecule has 132 valence electrons. The van der Waals surface area contributed by atoms with Crippen molar-refractivity contribution in [2.45, 2.75) is 13.1 Å². The van der Waals surface area contributed by atoms with Gasteiger partial charge in [0, 0.05) is 18.9 Å². The van der Waals surface area contributed by atoms with Gasteiger partial charge in [-0.3, -0.25) is 14.6 Å². The van der Waals surface area contributed by atoms with E-state index >= 15 is 0 Å². The highest BCUT2D eigenvalue weighted by Gasteiger charge is 2.32. The molecule has 2 amide bonds. The van der Waals surface area contributed by atoms with E-state index in [1.807, 2.05) is 19.1 Å². The number of nitrogens with zero attached hydrogens (tertiary/aromatic N) is 2. The first-order valence-corrected chi connectivity index (χ1v) is 7.32. The molecule has 2 rings (SSSR count). The zero-order valence-electron chi connectivity index (χ0n) is 13.6. The molecule has 5 nitrogen and oxygen atoms in total. The minimum atomic E-state index is -4.57. The lowest BCUT2D eigenvalue weighted by Crippen LogP contribution is -2.35. The molecule has 0 saturated carbocycles. The summed E-state index contributed by atoms with van der Waals surface area (Å²) in [4.78, 5) is 28.5. The average Bonchev–Trinajstić information content (AvgIpc) is 2.55. The van der Waals surface area contributed by atoms with E-state index in [9.17, 15) is 22.8 Å². The van der Waals surface area contributed by atoms with Gasteiger partial charge >= 0.3 is 6.18 Å². The van der Waals surface area contributed by atoms with Crippen molar-refractivity contribution in [1.82, 2.24) is 9.88 Å². The third kappa shape index (κ3) is 5.03. The highest BCUT2D eigenvalue weighted by molar-refractivity contribution is 5.99. The molecular formula is C17H16F3N3O2. The minimum Gasteiger partial charge on any atom is -0.332 e. The fourth-order valence-corrected chi connectivity index (χ4v) is 2.03. The Hall–Kier alpha value is -2.90. The van der Waals surface area contributed by atoms with Crippen LogP contribution < -0.4 is 5.32 Å². The molecular weight excluding hydrogens is 335 g/mol. The largest absolute Gasteiger partial charge is 0.433 e. The van der Waals surface area contributed by atoms with Gasteiger partial charge in [0.25, 0.3) is 5.91 Å². The van der Waals surface area contributed by atoms with Gasteiger partial charge in [0.05, 0.1) is 12.1 Å². The lowest BCUT2D eigenvalue weighted by molar-refractivity contribution is -0.141. The molecule has 2 aromatic rings. The van der Waals surface area contributed by atoms with Crippen molar-refractivity contribution in [3.05, 3.63) is 59.4 Å². The number of hydrogen-bond donors (Lipinski definition) is 1. The number of aryl methyl sites for hydroxylation is 1. The lowest BCUT2D eigenvalue weighted by Gasteiger charge is -2.17. The molecule has 1 aromatic carbocycles. The van der Waals surface area contributed by atoms with Crippen LogP contribution in [-0.4, -0.2) is 35.3 Å². The van der Waals surface area contributed by atoms with E-state index in [0.29, 0.717) is 5.69 Å². The molecule has 0 aliphatic heterocycles. The summed E-state index contributed by atoms with van der Waals surface area (Å²) in [7, 11) is 1.38. The van der Waals surface area contributed by atoms with Crippen LogP contribution in [0.4, 0.5) is 18.9 Å². The number of halogens is 3. The fourth-order valence-electron chi connectivity index (χ4n) is 2.03. The molecule has 0 unspecified atom stereocenters. The van der Waals surface area contributed by atoms with Crippen LogP contribution >= 0.6 is 0 Å². The van der Waals surface area contributed by atoms with E-state index in [1.165, 1.54) is 7.05 Å². The number of anilines is 1. The number of alkyl halides is 3. The van der Waals surface area contributed by atoms with Crippen molar-refractivity contribution in [3.8, 4) is 0 Å². The summed E-state index contributed by atoms with van der Waals surface area (Å²) in [6.07, 6.45) is -3.72. The van der Waals surface area contributed by atoms with Crippen LogP contribution in [-0.2, 0) is 11.0 Å². The second-order valence-corrected chi connectivity index (χ2v) is 5.51. The van der Waals surface area contributed by atoms with Crippen LogP contribution in [0.15, 0.2) is 42.6 Å². The van der Waals surface area contributed by atoms with E-state index in [-0.39, 0.29) is 12.1 Å². The first-order chi connectivity index (χ1) is 11.7. The van der Waals surface area contributed by atoms with Gasteiger partial charge in [-0.2, -0.15) is 13.2 Å². The van der Waals surface area contributed by atoms with Crippen molar-refractivity contribution < 1.29 is 22.8 Å². The summed E-state index contributed by atoms with van der Waals surface area (Å²) >= 11 is 0. The van der Waals surface area contributed by atoms with Crippen LogP contribution in [0, 0.1) is 6.92 Å². The average molecular weight is 351 g/mol. The lowest BCUT2D eigenvalue weighted by atomic mass is 10.2. The Morgan fingerprint density at radius 2 is 1.76 bits per heavy atom. The number of amides is 2. The van der Waals surface area contributed by atoms with E-state index in [1.54, 1.807) is 12.1 Å². The molecule has 0 spiro atoms. The standard InChI is InChI=1S/C17H16F3N3O2/c1-11-3-6-13(7-4-11)22-15(24)10-23(2)16(25)12-5-8-14(21-9-12)17(18,19)20/h3-9H,10H2,1-2H3,(H,22,24). The molecule has 25 heavy (non-hydrogen) atoms. The third-order valence-corrected chi connectivity index (χ3v) is 3.36. The number of nitrogens with one attached hydrogen (secondary N) is 1. The second kappa shape index (κ2) is 7.33. The zero-order chi connectivity index (χ0) is 18.6. The summed E-state index contributed by atoms with van der Waals surface area (Å²) < 4.78 is 37.4. The smallest absolute Gasteiger partial charge is 0.332 e. The Balaban J connectivity index is 1.97. The third-order valence-electron chi connectivity index (χ3n) is 3.36. The summed E-state index contributed by atoms with van der Waals surface area (Å²) in [5.74, 6) is -1.01. The SMILES string of the molecule is Cc1ccc(NC(=O)CN(C)C(=O)c2ccc(C(F)(F)F)nc2)cc1. The van der Waals surface area contributed by atoms with Crippen LogP contribution in [0.2, 0.25) is 0 Å². The summed E-state index contributed by atoms with van der Waals surface area (Å²) in [6.45, 7) is 1.67. The molecule has 0 bridgehead atoms. The molecule has 0 saturated heterocycles. The van der Waals surface area contributed by atoms with Gasteiger partial charge in [-0.05, 0) is 31.2 Å². The van der Waals surface area contributed by atoms with Crippen molar-refractivity contribution in [3.63, 3.8) is 0 Å². The zero-order valence-corrected chi connectivity index (χ0v) is 13.6. The number of pyridine rings is 1. The summed E-state index contributed by atoms with van der Waals surface area (Å²) in [5, 5.41) is 2.64. The maximum atomic E-state index is 12.5. The van der Waals surface area contributed by atoms with E-state index in [0.717, 1.165) is 28.8 Å². The number of rotatable bonds is 4. The number of aromatic nitrogens is 1. The Labute approximate surface area is 142 Å². The van der Waals surface area contributed by atoms with E-state index in [4.69, 9.17) is 0 Å². The molecule has 1 aromatic heterocycles. The topological polar surface area (TPSA) is 62.3 Å². The molecule has 0 radical (unpaired) electrons. The van der Waals surface area contributed by atoms with Crippen molar-refractivity contribution in [2.75, 3.05) is 18.9 Å². The molecule has 0 aliphatic rings. The molecule has 8 heteroatoms. The number of hydrogen-bond acceptors (Lipinski definition) is 3. The number of likely N-dealkylation sites (N-methyl/N-ethyl adjacent to an activating group) is 1. The van der Waals surface area contributed by atoms with Gasteiger partial charge in [0.15, 0.2) is 0 Å². The van der Waals surface area contributed by atoms with Gasteiger partial charge in [0.2, 0.25) is 5.91 Å². The normalized spacial score (nSPS) is 11.1. The Morgan fingerprint density at radius 3 is 2.28 bits per heavy atom. The van der Waals surface area contributed by atoms with Gasteiger partial charge in [-0.1, -0.05) is 17.7 Å². The molecule has 1 heterocycles. The Morgan fingerprint density at radius 1 is 1.12 bits per heavy atom. The first-order valence-electron chi connectivity index (χ1n) is 7.32. The number of carbonyl (C=O) groups excluding carboxylic acids is 2. The van der Waals surface area contributed by atoms with Gasteiger partial charge in [0.1, 0.15) is 5.69 Å². The summed E-state index contributed by atoms with van der Waals surface area (Å²) in [6, 6.07) is 8.89. The first kappa shape index (κ1) is 18.4. The molecule has 0 atom stereocenters. The molecule has 0 fully saturated rings. The molecule has 0 aliphatic carbocycles. The van der Waals surface area contributed by atoms with Gasteiger partial charge in [-0.25, -0.2) is 0 Å². The Bertz CT molecular complexity index is 756. The van der Waals surface area contributed by atoms with Gasteiger partial charge in [-0.15, -0.1) is 0 Å². The maximum absolute atomic E-state index is 12.5. The predicted octanol–water partition coefficient (Wildman–Crippen LogP) is 3.12. The predicted molar refractivity (Wildman–Crippen MR) is 86.0 cm³/mol. The molecule has 1 N–H and O–H groups in total. The maximum Gasteiger partial charge on any atom is 0.433 e. The monoisotopic (exact) mass is 351 g/mol. The number of carbonyl (C=O) groups is 2. The van der Waals surface area contributed by atoms with Crippen molar-refractivity contribution in [1.29, 1.82) is 0 Å². The summed E-state index contributed by atoms with van der Waals surface area (Å²) in [5.41, 5.74) is 0.523. The van der Waals surface area contributed by atoms with Crippen LogP contribution in [0.5, 0.6) is 0 Å². The quantitative estimate of drug-likeness (QED) is 0.921. The fraction of sp³-hybridized carbons (Fsp3) is 0.235. The Kier molecular flexibility index (Phi) is 5.41. The highest BCUT2D eigenvalue weighted by Crippen LogP contribution is 2.27. The van der Waals surface area contributed by atoms with Crippen LogP contribution in [0.3, 0.4) is 0 Å². The van der Waals surface area contributed by atoms with Gasteiger partial charge < -0.3 is 10.2 Å². The van der Waals surface area contributed by atoms with Crippen molar-refractivity contribution in [2.24, 2.45) is 0 Å². The van der Waals surface area contributed by atoms with E-state index in [2.05, 4.69) is 10.3 Å². The second-order valence-electron chi connectivity index (χ2n) is 5.51. The minimum absolute atomic E-state index is 0.0290. The van der Waals surface area contributed by atoms with Crippen LogP contribution in [0.1, 0.15) is 21.6 Å². The van der Waals surface area contributed by atoms with Crippen molar-refractivity contribution >= 4 is 17.5 Å². The van der Waals surface area contributed by atoms with Crippen LogP contribution in [0.25, 0.3) is 0 Å². The number of benzene rings is 1. The van der Waals surface area contributed by atoms with E-state index < -0.39 is 23.7 Å². The highest BCUT2D eigenvalue weighted by atomic mass is 19.4.